The fourth-order valence-corrected chi connectivity index (χ4v) is 7.58. The minimum Gasteiger partial charge on any atom is -0.458 e. The number of halogens is 2. The van der Waals surface area contributed by atoms with Crippen LogP contribution in [-0.2, 0) is 46.3 Å². The molecule has 15 nitrogen and oxygen atoms in total. The van der Waals surface area contributed by atoms with Crippen molar-refractivity contribution in [3.05, 3.63) is 65.2 Å². The van der Waals surface area contributed by atoms with Gasteiger partial charge in [-0.05, 0) is 87.8 Å². The van der Waals surface area contributed by atoms with E-state index in [1.165, 1.54) is 21.6 Å². The molecular formula is C41H55F2N7O8. The number of benzene rings is 2. The Morgan fingerprint density at radius 3 is 2.28 bits per heavy atom. The predicted molar refractivity (Wildman–Crippen MR) is 209 cm³/mol. The summed E-state index contributed by atoms with van der Waals surface area (Å²) in [5.41, 5.74) is 1.48. The number of nitrogens with one attached hydrogen (secondary N) is 4. The normalized spacial score (nSPS) is 26.9. The number of fused-ring (bicyclic) bond motifs is 2. The maximum atomic E-state index is 14.6. The molecule has 8 atom stereocenters. The second-order valence-electron chi connectivity index (χ2n) is 15.6. The highest BCUT2D eigenvalue weighted by Crippen LogP contribution is 2.27. The summed E-state index contributed by atoms with van der Waals surface area (Å²) in [7, 11) is 1.60. The zero-order valence-corrected chi connectivity index (χ0v) is 33.9. The quantitative estimate of drug-likeness (QED) is 0.306. The molecule has 0 saturated carbocycles. The summed E-state index contributed by atoms with van der Waals surface area (Å²) in [5, 5.41) is 10.9. The lowest BCUT2D eigenvalue weighted by Crippen LogP contribution is -2.61. The molecule has 6 amide bonds. The number of cyclic esters (lactones) is 1. The first-order chi connectivity index (χ1) is 27.6. The van der Waals surface area contributed by atoms with Gasteiger partial charge in [0.1, 0.15) is 41.9 Å². The Hall–Kier alpha value is -5.16. The first-order valence-electron chi connectivity index (χ1n) is 19.9. The van der Waals surface area contributed by atoms with Crippen LogP contribution in [0.4, 0.5) is 19.3 Å². The molecule has 2 aromatic rings. The summed E-state index contributed by atoms with van der Waals surface area (Å²) in [6.07, 6.45) is 0.147. The standard InChI is InChI=1S/C41H55F2N7O8/c1-7-27-10-12-31(13-11-27)45-41(56)46-32(18-28-16-29(42)19-30(43)17-28)36(51)47-35-26(5)58-40(55)34-15-23(2)20-50(34)37(52)25(4)44-22-57-21-24(3)48(6)38(53)33-9-8-14-49(33)39(35)54/h10-13,16-17,19,23-26,32-35,44H,7-9,14-15,18,20-22H2,1-6H3,(H,47,51)(H2,45,46,56)/t23-,24-,25-,26-,32-,33?,34?,35-/m0/s1. The fourth-order valence-electron chi connectivity index (χ4n) is 7.58. The van der Waals surface area contributed by atoms with Crippen LogP contribution in [0.1, 0.15) is 65.0 Å². The maximum absolute atomic E-state index is 14.6. The van der Waals surface area contributed by atoms with Gasteiger partial charge in [0.2, 0.25) is 23.6 Å². The van der Waals surface area contributed by atoms with Crippen molar-refractivity contribution in [2.45, 2.75) is 109 Å². The maximum Gasteiger partial charge on any atom is 0.329 e. The van der Waals surface area contributed by atoms with Gasteiger partial charge in [-0.1, -0.05) is 26.0 Å². The molecule has 17 heteroatoms. The third kappa shape index (κ3) is 10.9. The van der Waals surface area contributed by atoms with Crippen molar-refractivity contribution in [2.24, 2.45) is 5.92 Å². The summed E-state index contributed by atoms with van der Waals surface area (Å²) < 4.78 is 40.3. The van der Waals surface area contributed by atoms with E-state index in [1.807, 2.05) is 26.0 Å². The van der Waals surface area contributed by atoms with Crippen LogP contribution in [0.2, 0.25) is 0 Å². The number of esters is 1. The molecular weight excluding hydrogens is 756 g/mol. The number of aryl methyl sites for hydroxylation is 1. The van der Waals surface area contributed by atoms with E-state index in [0.29, 0.717) is 31.0 Å². The van der Waals surface area contributed by atoms with Gasteiger partial charge in [0.25, 0.3) is 0 Å². The molecule has 0 radical (unpaired) electrons. The summed E-state index contributed by atoms with van der Waals surface area (Å²) in [5.74, 6) is -5.00. The highest BCUT2D eigenvalue weighted by Gasteiger charge is 2.45. The average molecular weight is 812 g/mol. The van der Waals surface area contributed by atoms with E-state index in [0.717, 1.165) is 24.1 Å². The van der Waals surface area contributed by atoms with Gasteiger partial charge in [0.15, 0.2) is 0 Å². The number of nitrogens with zero attached hydrogens (tertiary/aromatic N) is 3. The Kier molecular flexibility index (Phi) is 14.8. The van der Waals surface area contributed by atoms with Gasteiger partial charge in [-0.25, -0.2) is 18.4 Å². The molecule has 58 heavy (non-hydrogen) atoms. The lowest BCUT2D eigenvalue weighted by Gasteiger charge is -2.35. The SMILES string of the molecule is CCc1ccc(NC(=O)N[C@@H](Cc2cc(F)cc(F)c2)C(=O)N[C@@H]2C(=O)N3CCCC3C(=O)N(C)[C@@H](C)COCN[C@@H](C)C(=O)N3C[C@@H](C)CC3C(=O)O[C@H]2C)cc1. The van der Waals surface area contributed by atoms with Crippen LogP contribution in [-0.4, -0.2) is 126 Å². The Balaban J connectivity index is 1.47. The molecule has 3 fully saturated rings. The van der Waals surface area contributed by atoms with E-state index < -0.39 is 84.2 Å². The minimum absolute atomic E-state index is 0.0158. The fraction of sp³-hybridized carbons (Fsp3) is 0.561. The minimum atomic E-state index is -1.59. The van der Waals surface area contributed by atoms with Crippen molar-refractivity contribution in [1.82, 2.24) is 30.7 Å². The summed E-state index contributed by atoms with van der Waals surface area (Å²) in [6, 6.07) is 2.80. The molecule has 316 valence electrons. The van der Waals surface area contributed by atoms with Crippen molar-refractivity contribution in [3.8, 4) is 0 Å². The van der Waals surface area contributed by atoms with E-state index >= 15 is 0 Å². The Bertz CT molecular complexity index is 1810. The highest BCUT2D eigenvalue weighted by atomic mass is 19.1. The van der Waals surface area contributed by atoms with Crippen LogP contribution in [0.25, 0.3) is 0 Å². The van der Waals surface area contributed by atoms with E-state index in [9.17, 15) is 37.5 Å². The number of hydrogen-bond acceptors (Lipinski definition) is 9. The lowest BCUT2D eigenvalue weighted by atomic mass is 10.0. The predicted octanol–water partition coefficient (Wildman–Crippen LogP) is 2.72. The second-order valence-corrected chi connectivity index (χ2v) is 15.6. The highest BCUT2D eigenvalue weighted by molar-refractivity contribution is 5.97. The monoisotopic (exact) mass is 811 g/mol. The Morgan fingerprint density at radius 2 is 1.60 bits per heavy atom. The van der Waals surface area contributed by atoms with E-state index in [2.05, 4.69) is 21.3 Å². The summed E-state index contributed by atoms with van der Waals surface area (Å²) in [6.45, 7) is 9.34. The van der Waals surface area contributed by atoms with E-state index in [4.69, 9.17) is 9.47 Å². The number of urea groups is 1. The smallest absolute Gasteiger partial charge is 0.329 e. The van der Waals surface area contributed by atoms with Crippen LogP contribution in [0.3, 0.4) is 0 Å². The van der Waals surface area contributed by atoms with Crippen LogP contribution < -0.4 is 21.3 Å². The molecule has 3 heterocycles. The van der Waals surface area contributed by atoms with Crippen molar-refractivity contribution in [1.29, 1.82) is 0 Å². The van der Waals surface area contributed by atoms with Crippen LogP contribution >= 0.6 is 0 Å². The van der Waals surface area contributed by atoms with E-state index in [-0.39, 0.29) is 49.7 Å². The molecule has 0 bridgehead atoms. The molecule has 0 aromatic heterocycles. The first-order valence-corrected chi connectivity index (χ1v) is 19.9. The lowest BCUT2D eigenvalue weighted by molar-refractivity contribution is -0.162. The molecule has 4 N–H and O–H groups in total. The summed E-state index contributed by atoms with van der Waals surface area (Å²) in [4.78, 5) is 87.9. The van der Waals surface area contributed by atoms with Gasteiger partial charge in [0, 0.05) is 38.3 Å². The zero-order chi connectivity index (χ0) is 42.3. The number of carbonyl (C=O) groups is 6. The zero-order valence-electron chi connectivity index (χ0n) is 33.9. The number of ether oxygens (including phenoxy) is 2. The molecule has 0 spiro atoms. The Morgan fingerprint density at radius 1 is 0.914 bits per heavy atom. The van der Waals surface area contributed by atoms with Gasteiger partial charge >= 0.3 is 12.0 Å². The number of amides is 6. The number of carbonyl (C=O) groups excluding carboxylic acids is 6. The first kappa shape index (κ1) is 44.0. The number of likely N-dealkylation sites (N-methyl/N-ethyl adjacent to an activating group) is 1. The topological polar surface area (TPSA) is 179 Å². The number of anilines is 1. The average Bonchev–Trinajstić information content (AvgIpc) is 3.83. The molecule has 3 aliphatic heterocycles. The third-order valence-corrected chi connectivity index (χ3v) is 11.1. The van der Waals surface area contributed by atoms with Crippen molar-refractivity contribution >= 4 is 41.3 Å². The molecule has 3 aliphatic rings. The molecule has 3 saturated heterocycles. The molecule has 0 aliphatic carbocycles. The number of rotatable bonds is 7. The molecule has 5 rings (SSSR count). The van der Waals surface area contributed by atoms with Gasteiger partial charge in [-0.3, -0.25) is 24.5 Å². The van der Waals surface area contributed by atoms with Crippen LogP contribution in [0.15, 0.2) is 42.5 Å². The van der Waals surface area contributed by atoms with Gasteiger partial charge in [-0.15, -0.1) is 0 Å². The molecule has 2 aromatic carbocycles. The second kappa shape index (κ2) is 19.5. The van der Waals surface area contributed by atoms with Gasteiger partial charge < -0.3 is 40.1 Å². The van der Waals surface area contributed by atoms with Gasteiger partial charge in [0.05, 0.1) is 25.4 Å². The third-order valence-electron chi connectivity index (χ3n) is 11.1. The van der Waals surface area contributed by atoms with Crippen LogP contribution in [0.5, 0.6) is 0 Å². The summed E-state index contributed by atoms with van der Waals surface area (Å²) >= 11 is 0. The number of hydrogen-bond donors (Lipinski definition) is 4. The van der Waals surface area contributed by atoms with Crippen molar-refractivity contribution in [3.63, 3.8) is 0 Å². The Labute approximate surface area is 337 Å². The van der Waals surface area contributed by atoms with Crippen LogP contribution in [0, 0.1) is 17.6 Å². The van der Waals surface area contributed by atoms with E-state index in [1.54, 1.807) is 33.0 Å². The molecule has 2 unspecified atom stereocenters. The largest absolute Gasteiger partial charge is 0.458 e. The van der Waals surface area contributed by atoms with Gasteiger partial charge in [-0.2, -0.15) is 0 Å². The van der Waals surface area contributed by atoms with Crippen molar-refractivity contribution in [2.75, 3.05) is 38.8 Å². The van der Waals surface area contributed by atoms with Crippen molar-refractivity contribution < 1.29 is 47.0 Å².